The van der Waals surface area contributed by atoms with Gasteiger partial charge in [-0.3, -0.25) is 4.68 Å². The second-order valence-electron chi connectivity index (χ2n) is 6.16. The average molecular weight is 316 g/mol. The van der Waals surface area contributed by atoms with E-state index in [0.717, 1.165) is 13.0 Å². The van der Waals surface area contributed by atoms with E-state index < -0.39 is 12.4 Å². The molecule has 0 aliphatic carbocycles. The maximum Gasteiger partial charge on any atom is 0.183 e. The molecule has 1 aromatic rings. The van der Waals surface area contributed by atoms with Gasteiger partial charge in [0.15, 0.2) is 6.29 Å². The van der Waals surface area contributed by atoms with Gasteiger partial charge in [0.25, 0.3) is 0 Å². The molecule has 0 aromatic carbocycles. The molecule has 0 spiro atoms. The summed E-state index contributed by atoms with van der Waals surface area (Å²) in [6.45, 7) is 5.69. The predicted octanol–water partition coefficient (Wildman–Crippen LogP) is 1.20. The van der Waals surface area contributed by atoms with E-state index in [1.165, 1.54) is 0 Å². The van der Waals surface area contributed by atoms with Crippen LogP contribution in [0.2, 0.25) is 5.02 Å². The molecule has 5 unspecified atom stereocenters. The fourth-order valence-corrected chi connectivity index (χ4v) is 3.09. The lowest BCUT2D eigenvalue weighted by molar-refractivity contribution is -0.168. The van der Waals surface area contributed by atoms with E-state index in [-0.39, 0.29) is 18.2 Å². The summed E-state index contributed by atoms with van der Waals surface area (Å²) >= 11 is 5.92. The molecule has 3 heterocycles. The van der Waals surface area contributed by atoms with Crippen LogP contribution in [0.3, 0.4) is 0 Å². The summed E-state index contributed by atoms with van der Waals surface area (Å²) in [6.07, 6.45) is 3.09. The Morgan fingerprint density at radius 3 is 3.05 bits per heavy atom. The molecular formula is C14H22ClN3O3. The standard InChI is InChI=1S/C14H22ClN3O3/c1-8(2)3-4-16-11-10-7-20-14(21-10)12(13(11)19)18-6-9(15)5-17-18/h5-6,8,10-14,16,19H,3-4,7H2,1-2H3. The lowest BCUT2D eigenvalue weighted by atomic mass is 9.96. The van der Waals surface area contributed by atoms with Crippen LogP contribution in [0, 0.1) is 5.92 Å². The summed E-state index contributed by atoms with van der Waals surface area (Å²) in [5.74, 6) is 0.618. The minimum absolute atomic E-state index is 0.112. The third-order valence-corrected chi connectivity index (χ3v) is 4.30. The average Bonchev–Trinajstić information content (AvgIpc) is 3.02. The predicted molar refractivity (Wildman–Crippen MR) is 78.1 cm³/mol. The molecule has 2 fully saturated rings. The molecule has 6 nitrogen and oxygen atoms in total. The Labute approximate surface area is 129 Å². The van der Waals surface area contributed by atoms with Gasteiger partial charge in [0.1, 0.15) is 12.1 Å². The number of hydrogen-bond acceptors (Lipinski definition) is 5. The van der Waals surface area contributed by atoms with Gasteiger partial charge in [-0.2, -0.15) is 5.10 Å². The van der Waals surface area contributed by atoms with Gasteiger partial charge in [0.2, 0.25) is 0 Å². The molecule has 2 bridgehead atoms. The Balaban J connectivity index is 1.73. The molecule has 2 N–H and O–H groups in total. The fraction of sp³-hybridized carbons (Fsp3) is 0.786. The molecule has 0 amide bonds. The number of nitrogens with one attached hydrogen (secondary N) is 1. The van der Waals surface area contributed by atoms with E-state index in [2.05, 4.69) is 24.3 Å². The van der Waals surface area contributed by atoms with Crippen LogP contribution in [-0.4, -0.2) is 52.6 Å². The number of aliphatic hydroxyl groups excluding tert-OH is 1. The quantitative estimate of drug-likeness (QED) is 0.854. The number of fused-ring (bicyclic) bond motifs is 2. The van der Waals surface area contributed by atoms with Crippen molar-refractivity contribution in [2.75, 3.05) is 13.2 Å². The van der Waals surface area contributed by atoms with Gasteiger partial charge in [-0.15, -0.1) is 0 Å². The zero-order valence-electron chi connectivity index (χ0n) is 12.3. The molecule has 0 saturated carbocycles. The summed E-state index contributed by atoms with van der Waals surface area (Å²) in [6, 6.07) is -0.539. The number of ether oxygens (including phenoxy) is 2. The normalized spacial score (nSPS) is 35.6. The molecule has 3 rings (SSSR count). The minimum Gasteiger partial charge on any atom is -0.389 e. The first kappa shape index (κ1) is 15.2. The smallest absolute Gasteiger partial charge is 0.183 e. The maximum atomic E-state index is 10.7. The molecular weight excluding hydrogens is 294 g/mol. The van der Waals surface area contributed by atoms with Gasteiger partial charge in [0, 0.05) is 6.20 Å². The van der Waals surface area contributed by atoms with Crippen LogP contribution in [0.15, 0.2) is 12.4 Å². The van der Waals surface area contributed by atoms with Crippen LogP contribution in [-0.2, 0) is 9.47 Å². The van der Waals surface area contributed by atoms with Crippen LogP contribution >= 0.6 is 11.6 Å². The van der Waals surface area contributed by atoms with Crippen molar-refractivity contribution in [1.29, 1.82) is 0 Å². The Morgan fingerprint density at radius 2 is 2.38 bits per heavy atom. The van der Waals surface area contributed by atoms with Gasteiger partial charge in [-0.25, -0.2) is 0 Å². The fourth-order valence-electron chi connectivity index (χ4n) is 2.95. The highest BCUT2D eigenvalue weighted by atomic mass is 35.5. The van der Waals surface area contributed by atoms with E-state index >= 15 is 0 Å². The molecule has 2 aliphatic heterocycles. The molecule has 2 aliphatic rings. The van der Waals surface area contributed by atoms with E-state index in [0.29, 0.717) is 17.5 Å². The maximum absolute atomic E-state index is 10.7. The van der Waals surface area contributed by atoms with E-state index in [4.69, 9.17) is 21.1 Å². The van der Waals surface area contributed by atoms with Crippen LogP contribution in [0.1, 0.15) is 26.3 Å². The third kappa shape index (κ3) is 3.10. The highest BCUT2D eigenvalue weighted by Crippen LogP contribution is 2.35. The number of nitrogens with zero attached hydrogens (tertiary/aromatic N) is 2. The zero-order chi connectivity index (χ0) is 15.0. The molecule has 5 atom stereocenters. The first-order valence-electron chi connectivity index (χ1n) is 7.44. The molecule has 7 heteroatoms. The summed E-state index contributed by atoms with van der Waals surface area (Å²) in [4.78, 5) is 0. The van der Waals surface area contributed by atoms with Crippen molar-refractivity contribution < 1.29 is 14.6 Å². The van der Waals surface area contributed by atoms with Gasteiger partial charge in [0.05, 0.1) is 30.0 Å². The van der Waals surface area contributed by atoms with Crippen LogP contribution in [0.5, 0.6) is 0 Å². The van der Waals surface area contributed by atoms with Crippen molar-refractivity contribution in [3.05, 3.63) is 17.4 Å². The van der Waals surface area contributed by atoms with E-state index in [1.54, 1.807) is 17.1 Å². The summed E-state index contributed by atoms with van der Waals surface area (Å²) in [5, 5.41) is 18.8. The summed E-state index contributed by atoms with van der Waals surface area (Å²) in [5.41, 5.74) is 0. The minimum atomic E-state index is -0.626. The van der Waals surface area contributed by atoms with Crippen molar-refractivity contribution in [3.63, 3.8) is 0 Å². The molecule has 2 saturated heterocycles. The second-order valence-corrected chi connectivity index (χ2v) is 6.59. The highest BCUT2D eigenvalue weighted by molar-refractivity contribution is 6.30. The number of aliphatic hydroxyl groups is 1. The van der Waals surface area contributed by atoms with Crippen molar-refractivity contribution in [2.24, 2.45) is 5.92 Å². The Morgan fingerprint density at radius 1 is 1.57 bits per heavy atom. The summed E-state index contributed by atoms with van der Waals surface area (Å²) < 4.78 is 13.2. The Kier molecular flexibility index (Phi) is 4.51. The van der Waals surface area contributed by atoms with Gasteiger partial charge in [-0.05, 0) is 18.9 Å². The molecule has 118 valence electrons. The monoisotopic (exact) mass is 315 g/mol. The van der Waals surface area contributed by atoms with E-state index in [1.807, 2.05) is 0 Å². The van der Waals surface area contributed by atoms with Crippen LogP contribution < -0.4 is 5.32 Å². The highest BCUT2D eigenvalue weighted by Gasteiger charge is 2.51. The third-order valence-electron chi connectivity index (χ3n) is 4.11. The Hall–Kier alpha value is -0.660. The number of hydrogen-bond donors (Lipinski definition) is 2. The Bertz CT molecular complexity index is 482. The van der Waals surface area contributed by atoms with E-state index in [9.17, 15) is 5.11 Å². The SMILES string of the molecule is CC(C)CCNC1C2COC(O2)C(n2cc(Cl)cn2)C1O. The van der Waals surface area contributed by atoms with Gasteiger partial charge < -0.3 is 19.9 Å². The van der Waals surface area contributed by atoms with Crippen molar-refractivity contribution in [1.82, 2.24) is 15.1 Å². The van der Waals surface area contributed by atoms with Crippen LogP contribution in [0.25, 0.3) is 0 Å². The first-order chi connectivity index (χ1) is 10.1. The van der Waals surface area contributed by atoms with Crippen molar-refractivity contribution in [3.8, 4) is 0 Å². The lowest BCUT2D eigenvalue weighted by Gasteiger charge is -2.38. The van der Waals surface area contributed by atoms with Crippen molar-refractivity contribution in [2.45, 2.75) is 50.8 Å². The first-order valence-corrected chi connectivity index (χ1v) is 7.82. The van der Waals surface area contributed by atoms with Crippen molar-refractivity contribution >= 4 is 11.6 Å². The molecule has 0 radical (unpaired) electrons. The summed E-state index contributed by atoms with van der Waals surface area (Å²) in [7, 11) is 0. The molecule has 21 heavy (non-hydrogen) atoms. The zero-order valence-corrected chi connectivity index (χ0v) is 13.0. The number of aromatic nitrogens is 2. The number of halogens is 1. The number of rotatable bonds is 5. The largest absolute Gasteiger partial charge is 0.389 e. The molecule has 1 aromatic heterocycles. The van der Waals surface area contributed by atoms with Gasteiger partial charge >= 0.3 is 0 Å². The second kappa shape index (κ2) is 6.22. The van der Waals surface area contributed by atoms with Gasteiger partial charge in [-0.1, -0.05) is 25.4 Å². The van der Waals surface area contributed by atoms with Crippen LogP contribution in [0.4, 0.5) is 0 Å². The topological polar surface area (TPSA) is 68.5 Å². The lowest BCUT2D eigenvalue weighted by Crippen LogP contribution is -2.57.